The monoisotopic (exact) mass is 300 g/mol. The van der Waals surface area contributed by atoms with Crippen molar-refractivity contribution in [1.29, 1.82) is 0 Å². The van der Waals surface area contributed by atoms with Crippen LogP contribution in [-0.2, 0) is 11.2 Å². The highest BCUT2D eigenvalue weighted by atomic mass is 35.5. The van der Waals surface area contributed by atoms with Crippen LogP contribution in [0.2, 0.25) is 0 Å². The van der Waals surface area contributed by atoms with E-state index >= 15 is 0 Å². The zero-order chi connectivity index (χ0) is 13.7. The van der Waals surface area contributed by atoms with Gasteiger partial charge in [0.2, 0.25) is 5.91 Å². The molecule has 20 heavy (non-hydrogen) atoms. The molecule has 1 N–H and O–H groups in total. The van der Waals surface area contributed by atoms with Crippen molar-refractivity contribution in [2.24, 2.45) is 0 Å². The summed E-state index contributed by atoms with van der Waals surface area (Å²) in [6.45, 7) is 1.46. The Bertz CT molecular complexity index is 420. The lowest BCUT2D eigenvalue weighted by Gasteiger charge is -2.22. The van der Waals surface area contributed by atoms with Gasteiger partial charge in [-0.3, -0.25) is 4.79 Å². The van der Waals surface area contributed by atoms with Crippen LogP contribution in [0.15, 0.2) is 24.3 Å². The van der Waals surface area contributed by atoms with Gasteiger partial charge in [-0.25, -0.2) is 4.39 Å². The van der Waals surface area contributed by atoms with E-state index in [9.17, 15) is 9.18 Å². The molecular weight excluding hydrogens is 279 g/mol. The zero-order valence-electron chi connectivity index (χ0n) is 11.8. The van der Waals surface area contributed by atoms with E-state index in [1.807, 2.05) is 11.9 Å². The van der Waals surface area contributed by atoms with Gasteiger partial charge in [-0.05, 0) is 44.0 Å². The molecule has 0 unspecified atom stereocenters. The predicted molar refractivity (Wildman–Crippen MR) is 80.6 cm³/mol. The molecule has 1 fully saturated rings. The summed E-state index contributed by atoms with van der Waals surface area (Å²) in [4.78, 5) is 14.1. The lowest BCUT2D eigenvalue weighted by Crippen LogP contribution is -2.36. The molecule has 0 saturated heterocycles. The van der Waals surface area contributed by atoms with Crippen LogP contribution in [0.3, 0.4) is 0 Å². The molecule has 0 bridgehead atoms. The molecule has 0 spiro atoms. The van der Waals surface area contributed by atoms with E-state index in [2.05, 4.69) is 5.32 Å². The first-order valence-electron chi connectivity index (χ1n) is 6.89. The van der Waals surface area contributed by atoms with Gasteiger partial charge in [0.15, 0.2) is 0 Å². The number of amides is 1. The zero-order valence-corrected chi connectivity index (χ0v) is 12.6. The number of carbonyl (C=O) groups excluding carboxylic acids is 1. The molecule has 2 rings (SSSR count). The molecule has 0 aromatic heterocycles. The number of rotatable bonds is 7. The fourth-order valence-corrected chi connectivity index (χ4v) is 2.17. The van der Waals surface area contributed by atoms with Crippen LogP contribution in [-0.4, -0.2) is 37.0 Å². The largest absolute Gasteiger partial charge is 0.339 e. The Morgan fingerprint density at radius 1 is 1.35 bits per heavy atom. The van der Waals surface area contributed by atoms with Gasteiger partial charge in [0.05, 0.1) is 0 Å². The maximum absolute atomic E-state index is 12.8. The molecular formula is C15H22ClFN2O. The van der Waals surface area contributed by atoms with Crippen LogP contribution in [0.4, 0.5) is 4.39 Å². The summed E-state index contributed by atoms with van der Waals surface area (Å²) in [5.41, 5.74) is 1.08. The Labute approximate surface area is 125 Å². The lowest BCUT2D eigenvalue weighted by molar-refractivity contribution is -0.131. The Morgan fingerprint density at radius 3 is 2.55 bits per heavy atom. The molecule has 1 saturated carbocycles. The van der Waals surface area contributed by atoms with E-state index in [1.165, 1.54) is 12.1 Å². The third kappa shape index (κ3) is 5.10. The fourth-order valence-electron chi connectivity index (χ4n) is 2.17. The number of hydrogen-bond acceptors (Lipinski definition) is 2. The van der Waals surface area contributed by atoms with Crippen LogP contribution >= 0.6 is 12.4 Å². The highest BCUT2D eigenvalue weighted by molar-refractivity contribution is 5.85. The Morgan fingerprint density at radius 2 is 2.00 bits per heavy atom. The van der Waals surface area contributed by atoms with Crippen molar-refractivity contribution in [2.45, 2.75) is 31.7 Å². The van der Waals surface area contributed by atoms with Crippen LogP contribution in [0.1, 0.15) is 24.8 Å². The van der Waals surface area contributed by atoms with Gasteiger partial charge >= 0.3 is 0 Å². The van der Waals surface area contributed by atoms with E-state index < -0.39 is 0 Å². The third-order valence-electron chi connectivity index (χ3n) is 3.45. The first-order valence-corrected chi connectivity index (χ1v) is 6.89. The quantitative estimate of drug-likeness (QED) is 0.838. The second kappa shape index (κ2) is 8.22. The van der Waals surface area contributed by atoms with Crippen molar-refractivity contribution in [1.82, 2.24) is 10.2 Å². The maximum atomic E-state index is 12.8. The average molecular weight is 301 g/mol. The highest BCUT2D eigenvalue weighted by Crippen LogP contribution is 2.27. The Hall–Kier alpha value is -1.13. The van der Waals surface area contributed by atoms with E-state index in [4.69, 9.17) is 0 Å². The van der Waals surface area contributed by atoms with Gasteiger partial charge in [0, 0.05) is 25.6 Å². The maximum Gasteiger partial charge on any atom is 0.224 e. The standard InChI is InChI=1S/C15H21FN2O.ClH/c1-17-10-8-15(19)18(14-6-7-14)11-9-12-2-4-13(16)5-3-12;/h2-5,14,17H,6-11H2,1H3;1H. The number of nitrogens with one attached hydrogen (secondary N) is 1. The van der Waals surface area contributed by atoms with Crippen molar-refractivity contribution in [3.8, 4) is 0 Å². The number of halogens is 2. The minimum absolute atomic E-state index is 0. The van der Waals surface area contributed by atoms with Crippen LogP contribution < -0.4 is 5.32 Å². The molecule has 5 heteroatoms. The SMILES string of the molecule is CNCCC(=O)N(CCc1ccc(F)cc1)C1CC1.Cl. The minimum Gasteiger partial charge on any atom is -0.339 e. The van der Waals surface area contributed by atoms with E-state index in [-0.39, 0.29) is 24.1 Å². The van der Waals surface area contributed by atoms with Crippen LogP contribution in [0, 0.1) is 5.82 Å². The van der Waals surface area contributed by atoms with Crippen LogP contribution in [0.5, 0.6) is 0 Å². The number of nitrogens with zero attached hydrogens (tertiary/aromatic N) is 1. The number of benzene rings is 1. The molecule has 1 amide bonds. The Balaban J connectivity index is 0.00000200. The molecule has 0 heterocycles. The van der Waals surface area contributed by atoms with Gasteiger partial charge in [0.25, 0.3) is 0 Å². The molecule has 3 nitrogen and oxygen atoms in total. The number of hydrogen-bond donors (Lipinski definition) is 1. The smallest absolute Gasteiger partial charge is 0.224 e. The minimum atomic E-state index is -0.215. The second-order valence-electron chi connectivity index (χ2n) is 5.05. The topological polar surface area (TPSA) is 32.3 Å². The fraction of sp³-hybridized carbons (Fsp3) is 0.533. The molecule has 0 atom stereocenters. The van der Waals surface area contributed by atoms with Crippen molar-refractivity contribution >= 4 is 18.3 Å². The normalized spacial score (nSPS) is 13.7. The Kier molecular flexibility index (Phi) is 6.96. The summed E-state index contributed by atoms with van der Waals surface area (Å²) in [7, 11) is 1.85. The molecule has 112 valence electrons. The van der Waals surface area contributed by atoms with Crippen molar-refractivity contribution in [3.63, 3.8) is 0 Å². The van der Waals surface area contributed by atoms with E-state index in [0.29, 0.717) is 12.5 Å². The van der Waals surface area contributed by atoms with Gasteiger partial charge in [0.1, 0.15) is 5.82 Å². The van der Waals surface area contributed by atoms with Gasteiger partial charge in [-0.1, -0.05) is 12.1 Å². The predicted octanol–water partition coefficient (Wildman–Crippen LogP) is 2.39. The number of carbonyl (C=O) groups is 1. The van der Waals surface area contributed by atoms with Crippen molar-refractivity contribution < 1.29 is 9.18 Å². The average Bonchev–Trinajstić information content (AvgIpc) is 3.23. The lowest BCUT2D eigenvalue weighted by atomic mass is 10.1. The molecule has 1 aliphatic carbocycles. The summed E-state index contributed by atoms with van der Waals surface area (Å²) in [6, 6.07) is 6.96. The van der Waals surface area contributed by atoms with Crippen LogP contribution in [0.25, 0.3) is 0 Å². The molecule has 1 aromatic carbocycles. The van der Waals surface area contributed by atoms with Gasteiger partial charge in [-0.2, -0.15) is 0 Å². The highest BCUT2D eigenvalue weighted by Gasteiger charge is 2.31. The first kappa shape index (κ1) is 16.9. The molecule has 1 aliphatic rings. The van der Waals surface area contributed by atoms with Gasteiger partial charge in [-0.15, -0.1) is 12.4 Å². The molecule has 0 radical (unpaired) electrons. The summed E-state index contributed by atoms with van der Waals surface area (Å²) in [5.74, 6) is 0.00635. The van der Waals surface area contributed by atoms with Gasteiger partial charge < -0.3 is 10.2 Å². The second-order valence-corrected chi connectivity index (χ2v) is 5.05. The van der Waals surface area contributed by atoms with Crippen molar-refractivity contribution in [2.75, 3.05) is 20.1 Å². The summed E-state index contributed by atoms with van der Waals surface area (Å²) < 4.78 is 12.8. The first-order chi connectivity index (χ1) is 9.20. The summed E-state index contributed by atoms with van der Waals surface area (Å²) >= 11 is 0. The summed E-state index contributed by atoms with van der Waals surface area (Å²) in [6.07, 6.45) is 3.59. The third-order valence-corrected chi connectivity index (χ3v) is 3.45. The molecule has 1 aromatic rings. The molecule has 0 aliphatic heterocycles. The van der Waals surface area contributed by atoms with E-state index in [0.717, 1.165) is 37.9 Å². The van der Waals surface area contributed by atoms with E-state index in [1.54, 1.807) is 12.1 Å². The summed E-state index contributed by atoms with van der Waals surface area (Å²) in [5, 5.41) is 3.00. The van der Waals surface area contributed by atoms with Crippen molar-refractivity contribution in [3.05, 3.63) is 35.6 Å².